The van der Waals surface area contributed by atoms with Gasteiger partial charge < -0.3 is 0 Å². The van der Waals surface area contributed by atoms with Gasteiger partial charge in [-0.3, -0.25) is 0 Å². The number of hydrogen-bond acceptors (Lipinski definition) is 4. The highest BCUT2D eigenvalue weighted by Gasteiger charge is 2.29. The van der Waals surface area contributed by atoms with Gasteiger partial charge >= 0.3 is 0 Å². The lowest BCUT2D eigenvalue weighted by Gasteiger charge is -2.03. The van der Waals surface area contributed by atoms with Crippen LogP contribution in [0.25, 0.3) is 0 Å². The monoisotopic (exact) mass is 258 g/mol. The van der Waals surface area contributed by atoms with Crippen LogP contribution in [0.4, 0.5) is 0 Å². The van der Waals surface area contributed by atoms with E-state index in [4.69, 9.17) is 10.7 Å². The summed E-state index contributed by atoms with van der Waals surface area (Å²) in [4.78, 5) is 0. The Morgan fingerprint density at radius 2 is 2.07 bits per heavy atom. The highest BCUT2D eigenvalue weighted by molar-refractivity contribution is 8.16. The molecule has 7 heteroatoms. The Labute approximate surface area is 88.3 Å². The third-order valence-electron chi connectivity index (χ3n) is 2.12. The zero-order valence-electron chi connectivity index (χ0n) is 7.39. The maximum atomic E-state index is 11.3. The summed E-state index contributed by atoms with van der Waals surface area (Å²) >= 11 is 0. The number of rotatable bonds is 3. The number of hydrogen-bond donors (Lipinski definition) is 0. The summed E-state index contributed by atoms with van der Waals surface area (Å²) in [5, 5.41) is 0.403. The molecule has 0 radical (unpaired) electrons. The van der Waals surface area contributed by atoms with Crippen LogP contribution in [0, 0.1) is 0 Å². The van der Waals surface area contributed by atoms with Crippen LogP contribution in [0.1, 0.15) is 19.3 Å². The molecule has 0 aromatic carbocycles. The summed E-state index contributed by atoms with van der Waals surface area (Å²) in [5.74, 6) is 0.207. The molecule has 0 aromatic rings. The Morgan fingerprint density at radius 3 is 2.50 bits per heavy atom. The minimum absolute atomic E-state index is 0.207. The van der Waals surface area contributed by atoms with E-state index in [0.717, 1.165) is 5.41 Å². The van der Waals surface area contributed by atoms with Gasteiger partial charge in [0.2, 0.25) is 0 Å². The van der Waals surface area contributed by atoms with Crippen molar-refractivity contribution in [3.63, 3.8) is 0 Å². The third kappa shape index (κ3) is 3.59. The van der Waals surface area contributed by atoms with E-state index in [-0.39, 0.29) is 12.2 Å². The van der Waals surface area contributed by atoms with Gasteiger partial charge in [0.1, 0.15) is 0 Å². The molecule has 0 saturated carbocycles. The minimum atomic E-state index is -3.66. The molecule has 0 spiro atoms. The average molecular weight is 259 g/mol. The van der Waals surface area contributed by atoms with Crippen molar-refractivity contribution in [1.82, 2.24) is 0 Å². The minimum Gasteiger partial charge on any atom is -0.229 e. The molecular weight excluding hydrogens is 248 g/mol. The second-order valence-corrected chi connectivity index (χ2v) is 8.13. The molecule has 0 aliphatic carbocycles. The van der Waals surface area contributed by atoms with E-state index in [1.54, 1.807) is 0 Å². The molecule has 82 valence electrons. The van der Waals surface area contributed by atoms with Crippen LogP contribution >= 0.6 is 10.7 Å². The third-order valence-corrected chi connectivity index (χ3v) is 5.25. The molecule has 1 aliphatic heterocycles. The van der Waals surface area contributed by atoms with Crippen LogP contribution in [-0.4, -0.2) is 27.8 Å². The topological polar surface area (TPSA) is 68.3 Å². The number of allylic oxidation sites excluding steroid dienone is 1. The van der Waals surface area contributed by atoms with Gasteiger partial charge in [-0.25, -0.2) is 16.8 Å². The van der Waals surface area contributed by atoms with Crippen molar-refractivity contribution in [2.24, 2.45) is 0 Å². The van der Waals surface area contributed by atoms with Gasteiger partial charge in [0, 0.05) is 16.1 Å². The van der Waals surface area contributed by atoms with Gasteiger partial charge in [-0.1, -0.05) is 6.08 Å². The smallest absolute Gasteiger partial charge is 0.229 e. The lowest BCUT2D eigenvalue weighted by Crippen LogP contribution is -2.14. The zero-order chi connectivity index (χ0) is 10.8. The summed E-state index contributed by atoms with van der Waals surface area (Å²) in [6.45, 7) is 0. The Bertz CT molecular complexity index is 421. The second-order valence-electron chi connectivity index (χ2n) is 3.21. The predicted octanol–water partition coefficient (Wildman–Crippen LogP) is 1.04. The molecule has 0 amide bonds. The highest BCUT2D eigenvalue weighted by atomic mass is 35.7. The Hall–Kier alpha value is -0.0700. The fourth-order valence-corrected chi connectivity index (χ4v) is 3.84. The van der Waals surface area contributed by atoms with Gasteiger partial charge in [-0.15, -0.1) is 0 Å². The van der Waals surface area contributed by atoms with Crippen LogP contribution in [0.5, 0.6) is 0 Å². The van der Waals surface area contributed by atoms with Crippen molar-refractivity contribution in [3.05, 3.63) is 11.5 Å². The molecule has 1 fully saturated rings. The fourth-order valence-electron chi connectivity index (χ4n) is 1.45. The summed E-state index contributed by atoms with van der Waals surface area (Å²) < 4.78 is 43.6. The zero-order valence-corrected chi connectivity index (χ0v) is 9.78. The standard InChI is InChI=1S/C7H11ClO4S2/c8-14(11,12)6-2-4-7-3-1-5-13(7,9)10/h2,6-7H,1,3-5H2/b6-2-. The average Bonchev–Trinajstić information content (AvgIpc) is 2.28. The molecule has 4 nitrogen and oxygen atoms in total. The molecular formula is C7H11ClO4S2. The number of halogens is 1. The summed E-state index contributed by atoms with van der Waals surface area (Å²) in [5.41, 5.74) is 0. The molecule has 1 atom stereocenters. The summed E-state index contributed by atoms with van der Waals surface area (Å²) in [7, 11) is -1.72. The van der Waals surface area contributed by atoms with Crippen molar-refractivity contribution in [3.8, 4) is 0 Å². The SMILES string of the molecule is O=S(=O)(Cl)/C=C\CC1CCCS1(=O)=O. The Morgan fingerprint density at radius 1 is 1.43 bits per heavy atom. The Balaban J connectivity index is 2.60. The van der Waals surface area contributed by atoms with Gasteiger partial charge in [0.25, 0.3) is 9.05 Å². The molecule has 0 bridgehead atoms. The first-order chi connectivity index (χ1) is 6.31. The molecule has 1 heterocycles. The lowest BCUT2D eigenvalue weighted by atomic mass is 10.2. The molecule has 0 aromatic heterocycles. The summed E-state index contributed by atoms with van der Waals surface area (Å²) in [6.07, 6.45) is 2.80. The predicted molar refractivity (Wildman–Crippen MR) is 55.3 cm³/mol. The van der Waals surface area contributed by atoms with Crippen molar-refractivity contribution in [2.45, 2.75) is 24.5 Å². The first-order valence-electron chi connectivity index (χ1n) is 4.14. The van der Waals surface area contributed by atoms with E-state index in [1.807, 2.05) is 0 Å². The van der Waals surface area contributed by atoms with Crippen LogP contribution in [0.15, 0.2) is 11.5 Å². The largest absolute Gasteiger partial charge is 0.254 e. The molecule has 14 heavy (non-hydrogen) atoms. The maximum absolute atomic E-state index is 11.3. The Kier molecular flexibility index (Phi) is 3.60. The van der Waals surface area contributed by atoms with Gasteiger partial charge in [-0.2, -0.15) is 0 Å². The fraction of sp³-hybridized carbons (Fsp3) is 0.714. The van der Waals surface area contributed by atoms with Crippen LogP contribution in [0.2, 0.25) is 0 Å². The molecule has 0 N–H and O–H groups in total. The lowest BCUT2D eigenvalue weighted by molar-refractivity contribution is 0.589. The van der Waals surface area contributed by atoms with Crippen molar-refractivity contribution >= 4 is 29.6 Å². The van der Waals surface area contributed by atoms with Crippen LogP contribution in [0.3, 0.4) is 0 Å². The molecule has 1 aliphatic rings. The van der Waals surface area contributed by atoms with Crippen molar-refractivity contribution in [2.75, 3.05) is 5.75 Å². The summed E-state index contributed by atoms with van der Waals surface area (Å²) in [6, 6.07) is 0. The van der Waals surface area contributed by atoms with Crippen LogP contribution in [-0.2, 0) is 18.9 Å². The first-order valence-corrected chi connectivity index (χ1v) is 8.23. The van der Waals surface area contributed by atoms with Gasteiger partial charge in [0.15, 0.2) is 9.84 Å². The van der Waals surface area contributed by atoms with Gasteiger partial charge in [0.05, 0.1) is 11.0 Å². The van der Waals surface area contributed by atoms with E-state index < -0.39 is 24.1 Å². The van der Waals surface area contributed by atoms with Crippen molar-refractivity contribution in [1.29, 1.82) is 0 Å². The highest BCUT2D eigenvalue weighted by Crippen LogP contribution is 2.23. The normalized spacial score (nSPS) is 27.1. The quantitative estimate of drug-likeness (QED) is 0.710. The van der Waals surface area contributed by atoms with E-state index in [1.165, 1.54) is 6.08 Å². The van der Waals surface area contributed by atoms with E-state index in [9.17, 15) is 16.8 Å². The number of sulfone groups is 1. The van der Waals surface area contributed by atoms with E-state index in [0.29, 0.717) is 12.8 Å². The van der Waals surface area contributed by atoms with E-state index >= 15 is 0 Å². The first kappa shape index (κ1) is 12.0. The molecule has 1 rings (SSSR count). The van der Waals surface area contributed by atoms with Crippen molar-refractivity contribution < 1.29 is 16.8 Å². The molecule has 1 unspecified atom stereocenters. The van der Waals surface area contributed by atoms with Crippen LogP contribution < -0.4 is 0 Å². The second kappa shape index (κ2) is 4.20. The maximum Gasteiger partial charge on any atom is 0.254 e. The van der Waals surface area contributed by atoms with Gasteiger partial charge in [-0.05, 0) is 19.3 Å². The van der Waals surface area contributed by atoms with E-state index in [2.05, 4.69) is 0 Å². The molecule has 1 saturated heterocycles.